The van der Waals surface area contributed by atoms with Gasteiger partial charge in [0.1, 0.15) is 5.76 Å². The zero-order valence-electron chi connectivity index (χ0n) is 13.8. The van der Waals surface area contributed by atoms with Crippen LogP contribution in [0.2, 0.25) is 0 Å². The Morgan fingerprint density at radius 2 is 1.96 bits per heavy atom. The van der Waals surface area contributed by atoms with Gasteiger partial charge in [-0.2, -0.15) is 0 Å². The van der Waals surface area contributed by atoms with Gasteiger partial charge in [-0.3, -0.25) is 4.79 Å². The molecule has 0 radical (unpaired) electrons. The maximum Gasteiger partial charge on any atom is 0.337 e. The van der Waals surface area contributed by atoms with Crippen molar-refractivity contribution in [1.82, 2.24) is 5.16 Å². The average Bonchev–Trinajstić information content (AvgIpc) is 2.99. The number of ether oxygens (including phenoxy) is 3. The van der Waals surface area contributed by atoms with Gasteiger partial charge in [-0.05, 0) is 32.0 Å². The Kier molecular flexibility index (Phi) is 5.41. The number of aromatic nitrogens is 1. The lowest BCUT2D eigenvalue weighted by atomic mass is 10.2. The van der Waals surface area contributed by atoms with Crippen LogP contribution >= 0.6 is 0 Å². The van der Waals surface area contributed by atoms with Gasteiger partial charge >= 0.3 is 5.97 Å². The molecule has 8 heteroatoms. The molecule has 1 aromatic carbocycles. The van der Waals surface area contributed by atoms with Gasteiger partial charge in [0, 0.05) is 6.07 Å². The fourth-order valence-electron chi connectivity index (χ4n) is 1.91. The van der Waals surface area contributed by atoms with Crippen molar-refractivity contribution in [2.24, 2.45) is 0 Å². The Morgan fingerprint density at radius 1 is 1.21 bits per heavy atom. The van der Waals surface area contributed by atoms with Crippen LogP contribution in [0.15, 0.2) is 28.8 Å². The smallest absolute Gasteiger partial charge is 0.337 e. The van der Waals surface area contributed by atoms with E-state index in [-0.39, 0.29) is 0 Å². The number of benzene rings is 1. The Hall–Kier alpha value is -3.03. The lowest BCUT2D eigenvalue weighted by Gasteiger charge is -2.16. The van der Waals surface area contributed by atoms with Crippen LogP contribution in [-0.4, -0.2) is 37.4 Å². The summed E-state index contributed by atoms with van der Waals surface area (Å²) in [6.07, 6.45) is -0.820. The predicted octanol–water partition coefficient (Wildman–Crippen LogP) is 2.18. The van der Waals surface area contributed by atoms with Crippen molar-refractivity contribution < 1.29 is 28.3 Å². The maximum atomic E-state index is 12.1. The molecule has 0 bridgehead atoms. The van der Waals surface area contributed by atoms with E-state index in [1.54, 1.807) is 19.9 Å². The molecule has 0 fully saturated rings. The molecular weight excluding hydrogens is 316 g/mol. The first-order valence-electron chi connectivity index (χ1n) is 7.11. The van der Waals surface area contributed by atoms with Crippen molar-refractivity contribution in [1.29, 1.82) is 0 Å². The minimum absolute atomic E-state index is 0.306. The highest BCUT2D eigenvalue weighted by Gasteiger charge is 2.19. The quantitative estimate of drug-likeness (QED) is 0.808. The molecule has 8 nitrogen and oxygen atoms in total. The molecule has 1 amide bonds. The number of esters is 1. The first-order valence-corrected chi connectivity index (χ1v) is 7.11. The molecule has 0 saturated heterocycles. The van der Waals surface area contributed by atoms with Crippen LogP contribution in [0, 0.1) is 6.92 Å². The lowest BCUT2D eigenvalue weighted by molar-refractivity contribution is -0.122. The van der Waals surface area contributed by atoms with Gasteiger partial charge in [0.25, 0.3) is 5.91 Å². The Morgan fingerprint density at radius 3 is 2.54 bits per heavy atom. The highest BCUT2D eigenvalue weighted by atomic mass is 16.5. The number of nitrogens with zero attached hydrogens (tertiary/aromatic N) is 1. The van der Waals surface area contributed by atoms with Crippen LogP contribution in [0.1, 0.15) is 23.0 Å². The molecule has 1 atom stereocenters. The highest BCUT2D eigenvalue weighted by molar-refractivity contribution is 5.93. The summed E-state index contributed by atoms with van der Waals surface area (Å²) >= 11 is 0. The van der Waals surface area contributed by atoms with Crippen molar-refractivity contribution in [2.75, 3.05) is 19.5 Å². The molecule has 0 aliphatic rings. The summed E-state index contributed by atoms with van der Waals surface area (Å²) in [6, 6.07) is 6.13. The minimum Gasteiger partial charge on any atom is -0.493 e. The van der Waals surface area contributed by atoms with Gasteiger partial charge in [-0.25, -0.2) is 4.79 Å². The van der Waals surface area contributed by atoms with Crippen LogP contribution in [0.4, 0.5) is 5.82 Å². The summed E-state index contributed by atoms with van der Waals surface area (Å²) in [5, 5.41) is 6.26. The monoisotopic (exact) mass is 334 g/mol. The molecular formula is C16H18N2O6. The van der Waals surface area contributed by atoms with E-state index in [9.17, 15) is 9.59 Å². The molecule has 1 heterocycles. The largest absolute Gasteiger partial charge is 0.493 e. The van der Waals surface area contributed by atoms with Crippen LogP contribution in [-0.2, 0) is 9.53 Å². The molecule has 0 saturated carbocycles. The third-order valence-electron chi connectivity index (χ3n) is 3.14. The van der Waals surface area contributed by atoms with Gasteiger partial charge in [-0.1, -0.05) is 5.16 Å². The molecule has 2 rings (SSSR count). The zero-order valence-corrected chi connectivity index (χ0v) is 13.8. The zero-order chi connectivity index (χ0) is 17.7. The number of methoxy groups -OCH3 is 2. The molecule has 0 unspecified atom stereocenters. The van der Waals surface area contributed by atoms with Crippen molar-refractivity contribution in [3.63, 3.8) is 0 Å². The second kappa shape index (κ2) is 7.49. The van der Waals surface area contributed by atoms with E-state index in [0.29, 0.717) is 28.6 Å². The molecule has 128 valence electrons. The summed E-state index contributed by atoms with van der Waals surface area (Å²) in [4.78, 5) is 23.6. The van der Waals surface area contributed by atoms with E-state index in [4.69, 9.17) is 14.0 Å². The number of hydrogen-bond acceptors (Lipinski definition) is 7. The molecule has 0 spiro atoms. The molecule has 2 aromatic rings. The third kappa shape index (κ3) is 4.03. The maximum absolute atomic E-state index is 12.1. The Labute approximate surface area is 138 Å². The third-order valence-corrected chi connectivity index (χ3v) is 3.14. The van der Waals surface area contributed by atoms with Crippen LogP contribution in [0.25, 0.3) is 0 Å². The summed E-state index contributed by atoms with van der Waals surface area (Å²) in [5.74, 6) is 0.633. The van der Waals surface area contributed by atoms with E-state index < -0.39 is 18.0 Å². The van der Waals surface area contributed by atoms with Gasteiger partial charge in [0.2, 0.25) is 0 Å². The van der Waals surface area contributed by atoms with Gasteiger partial charge in [0.15, 0.2) is 23.4 Å². The first kappa shape index (κ1) is 17.3. The average molecular weight is 334 g/mol. The fourth-order valence-corrected chi connectivity index (χ4v) is 1.91. The number of carbonyl (C=O) groups is 2. The van der Waals surface area contributed by atoms with Crippen molar-refractivity contribution in [3.05, 3.63) is 35.6 Å². The van der Waals surface area contributed by atoms with Gasteiger partial charge in [0.05, 0.1) is 19.8 Å². The van der Waals surface area contributed by atoms with Crippen LogP contribution < -0.4 is 14.8 Å². The number of anilines is 1. The topological polar surface area (TPSA) is 99.9 Å². The van der Waals surface area contributed by atoms with Gasteiger partial charge < -0.3 is 24.1 Å². The summed E-state index contributed by atoms with van der Waals surface area (Å²) in [5.41, 5.74) is 0.317. The van der Waals surface area contributed by atoms with E-state index in [0.717, 1.165) is 0 Å². The number of carbonyl (C=O) groups excluding carboxylic acids is 2. The molecule has 1 N–H and O–H groups in total. The number of hydrogen-bond donors (Lipinski definition) is 1. The number of nitrogens with one attached hydrogen (secondary N) is 1. The Bertz CT molecular complexity index is 740. The molecule has 0 aliphatic carbocycles. The second-order valence-electron chi connectivity index (χ2n) is 4.93. The second-order valence-corrected chi connectivity index (χ2v) is 4.93. The van der Waals surface area contributed by atoms with E-state index in [2.05, 4.69) is 15.2 Å². The minimum atomic E-state index is -0.820. The molecule has 1 aromatic heterocycles. The van der Waals surface area contributed by atoms with E-state index in [1.165, 1.54) is 32.4 Å². The number of aryl methyl sites for hydroxylation is 1. The van der Waals surface area contributed by atoms with Gasteiger partial charge in [-0.15, -0.1) is 0 Å². The molecule has 0 aliphatic heterocycles. The summed E-state index contributed by atoms with van der Waals surface area (Å²) < 4.78 is 20.3. The standard InChI is InChI=1S/C16H18N2O6/c1-9-7-14(18-24-9)17-15(19)10(2)23-12-6-5-11(16(20)22-4)8-13(12)21-3/h5-8,10H,1-4H3,(H,17,18,19)/t10-/m1/s1. The lowest BCUT2D eigenvalue weighted by Crippen LogP contribution is -2.30. The van der Waals surface area contributed by atoms with Crippen LogP contribution in [0.5, 0.6) is 11.5 Å². The van der Waals surface area contributed by atoms with Crippen LogP contribution in [0.3, 0.4) is 0 Å². The first-order chi connectivity index (χ1) is 11.4. The highest BCUT2D eigenvalue weighted by Crippen LogP contribution is 2.29. The fraction of sp³-hybridized carbons (Fsp3) is 0.312. The Balaban J connectivity index is 2.08. The number of rotatable bonds is 6. The van der Waals surface area contributed by atoms with E-state index >= 15 is 0 Å². The summed E-state index contributed by atoms with van der Waals surface area (Å²) in [6.45, 7) is 3.30. The predicted molar refractivity (Wildman–Crippen MR) is 84.3 cm³/mol. The normalized spacial score (nSPS) is 11.5. The van der Waals surface area contributed by atoms with Crippen molar-refractivity contribution in [3.8, 4) is 11.5 Å². The van der Waals surface area contributed by atoms with E-state index in [1.807, 2.05) is 0 Å². The van der Waals surface area contributed by atoms with Crippen molar-refractivity contribution in [2.45, 2.75) is 20.0 Å². The SMILES string of the molecule is COC(=O)c1ccc(O[C@H](C)C(=O)Nc2cc(C)on2)c(OC)c1. The molecule has 24 heavy (non-hydrogen) atoms. The summed E-state index contributed by atoms with van der Waals surface area (Å²) in [7, 11) is 2.73. The number of amides is 1. The van der Waals surface area contributed by atoms with Crippen molar-refractivity contribution >= 4 is 17.7 Å².